The highest BCUT2D eigenvalue weighted by Crippen LogP contribution is 2.23. The van der Waals surface area contributed by atoms with Crippen LogP contribution in [0.3, 0.4) is 0 Å². The quantitative estimate of drug-likeness (QED) is 0.724. The number of hydrogen-bond acceptors (Lipinski definition) is 3. The largest absolute Gasteiger partial charge is 0.495 e. The van der Waals surface area contributed by atoms with E-state index in [1.165, 1.54) is 0 Å². The zero-order valence-corrected chi connectivity index (χ0v) is 11.7. The van der Waals surface area contributed by atoms with Gasteiger partial charge in [-0.1, -0.05) is 36.5 Å². The van der Waals surface area contributed by atoms with Crippen LogP contribution in [0.25, 0.3) is 11.0 Å². The molecule has 1 heterocycles. The molecule has 0 aliphatic heterocycles. The number of nitrogens with zero attached hydrogens (tertiary/aromatic N) is 1. The van der Waals surface area contributed by atoms with Crippen LogP contribution in [-0.2, 0) is 0 Å². The van der Waals surface area contributed by atoms with Gasteiger partial charge < -0.3 is 15.0 Å². The van der Waals surface area contributed by atoms with Gasteiger partial charge in [0.25, 0.3) is 0 Å². The van der Waals surface area contributed by atoms with Crippen molar-refractivity contribution in [2.75, 3.05) is 12.4 Å². The van der Waals surface area contributed by atoms with E-state index in [0.29, 0.717) is 10.8 Å². The van der Waals surface area contributed by atoms with Gasteiger partial charge in [-0.2, -0.15) is 0 Å². The third kappa shape index (κ3) is 2.35. The Hall–Kier alpha value is -2.40. The summed E-state index contributed by atoms with van der Waals surface area (Å²) in [5.41, 5.74) is 2.68. The van der Waals surface area contributed by atoms with Gasteiger partial charge in [0.1, 0.15) is 10.7 Å². The summed E-state index contributed by atoms with van der Waals surface area (Å²) in [6.07, 6.45) is 0. The maximum atomic E-state index is 5.39. The monoisotopic (exact) mass is 283 g/mol. The summed E-state index contributed by atoms with van der Waals surface area (Å²) in [6, 6.07) is 15.4. The number of ether oxygens (including phenoxy) is 1. The van der Waals surface area contributed by atoms with Crippen LogP contribution in [0.2, 0.25) is 0 Å². The van der Waals surface area contributed by atoms with E-state index in [9.17, 15) is 0 Å². The molecule has 0 atom stereocenters. The maximum Gasteiger partial charge on any atom is 0.166 e. The summed E-state index contributed by atoms with van der Waals surface area (Å²) < 4.78 is 5.29. The SMILES string of the molecule is COc1ccccc1NC(=S)c1nc2ccccc2[nH]1. The fraction of sp³-hybridized carbons (Fsp3) is 0.0667. The third-order valence-corrected chi connectivity index (χ3v) is 3.26. The molecule has 0 radical (unpaired) electrons. The molecule has 0 bridgehead atoms. The summed E-state index contributed by atoms with van der Waals surface area (Å²) in [5.74, 6) is 1.39. The Bertz CT molecular complexity index is 733. The Balaban J connectivity index is 1.89. The molecule has 5 heteroatoms. The van der Waals surface area contributed by atoms with Gasteiger partial charge in [-0.15, -0.1) is 0 Å². The van der Waals surface area contributed by atoms with Gasteiger partial charge >= 0.3 is 0 Å². The van der Waals surface area contributed by atoms with Gasteiger partial charge in [-0.3, -0.25) is 0 Å². The minimum atomic E-state index is 0.533. The Morgan fingerprint density at radius 1 is 1.15 bits per heavy atom. The van der Waals surface area contributed by atoms with Crippen molar-refractivity contribution in [3.05, 3.63) is 54.4 Å². The van der Waals surface area contributed by atoms with E-state index >= 15 is 0 Å². The van der Waals surface area contributed by atoms with Gasteiger partial charge in [-0.05, 0) is 24.3 Å². The number of H-pyrrole nitrogens is 1. The molecule has 1 aromatic heterocycles. The maximum absolute atomic E-state index is 5.39. The van der Waals surface area contributed by atoms with E-state index in [0.717, 1.165) is 22.5 Å². The lowest BCUT2D eigenvalue weighted by Crippen LogP contribution is -2.12. The summed E-state index contributed by atoms with van der Waals surface area (Å²) in [5, 5.41) is 3.15. The third-order valence-electron chi connectivity index (χ3n) is 2.96. The second-order valence-electron chi connectivity index (χ2n) is 4.26. The number of rotatable bonds is 3. The molecule has 3 rings (SSSR count). The van der Waals surface area contributed by atoms with E-state index in [-0.39, 0.29) is 0 Å². The van der Waals surface area contributed by atoms with Crippen LogP contribution in [0, 0.1) is 0 Å². The summed E-state index contributed by atoms with van der Waals surface area (Å²) >= 11 is 5.39. The molecule has 0 aliphatic carbocycles. The van der Waals surface area contributed by atoms with E-state index in [1.807, 2.05) is 48.5 Å². The van der Waals surface area contributed by atoms with Gasteiger partial charge in [0, 0.05) is 0 Å². The van der Waals surface area contributed by atoms with E-state index in [4.69, 9.17) is 17.0 Å². The van der Waals surface area contributed by atoms with Crippen molar-refractivity contribution < 1.29 is 4.74 Å². The molecule has 2 aromatic carbocycles. The highest BCUT2D eigenvalue weighted by atomic mass is 32.1. The van der Waals surface area contributed by atoms with E-state index in [1.54, 1.807) is 7.11 Å². The normalized spacial score (nSPS) is 10.4. The number of imidazole rings is 1. The first kappa shape index (κ1) is 12.6. The molecule has 2 N–H and O–H groups in total. The Labute approximate surface area is 121 Å². The Morgan fingerprint density at radius 2 is 1.90 bits per heavy atom. The number of thiocarbonyl (C=S) groups is 1. The molecule has 0 fully saturated rings. The minimum Gasteiger partial charge on any atom is -0.495 e. The number of fused-ring (bicyclic) bond motifs is 1. The first-order valence-corrected chi connectivity index (χ1v) is 6.58. The average molecular weight is 283 g/mol. The van der Waals surface area contributed by atoms with Crippen molar-refractivity contribution in [3.8, 4) is 5.75 Å². The fourth-order valence-electron chi connectivity index (χ4n) is 1.99. The van der Waals surface area contributed by atoms with Crippen LogP contribution >= 0.6 is 12.2 Å². The molecule has 0 amide bonds. The predicted molar refractivity (Wildman–Crippen MR) is 84.4 cm³/mol. The summed E-state index contributed by atoms with van der Waals surface area (Å²) in [4.78, 5) is 8.19. The predicted octanol–water partition coefficient (Wildman–Crippen LogP) is 3.36. The number of aromatic nitrogens is 2. The van der Waals surface area contributed by atoms with Gasteiger partial charge in [0.05, 0.1) is 23.8 Å². The minimum absolute atomic E-state index is 0.533. The van der Waals surface area contributed by atoms with Gasteiger partial charge in [0.15, 0.2) is 5.82 Å². The van der Waals surface area contributed by atoms with Gasteiger partial charge in [-0.25, -0.2) is 4.98 Å². The second-order valence-corrected chi connectivity index (χ2v) is 4.67. The lowest BCUT2D eigenvalue weighted by atomic mass is 10.3. The lowest BCUT2D eigenvalue weighted by Gasteiger charge is -2.10. The first-order valence-electron chi connectivity index (χ1n) is 6.17. The number of aromatic amines is 1. The average Bonchev–Trinajstić information content (AvgIpc) is 2.92. The first-order chi connectivity index (χ1) is 9.78. The highest BCUT2D eigenvalue weighted by Gasteiger charge is 2.09. The van der Waals surface area contributed by atoms with Crippen LogP contribution in [0.4, 0.5) is 5.69 Å². The number of methoxy groups -OCH3 is 1. The van der Waals surface area contributed by atoms with Gasteiger partial charge in [0.2, 0.25) is 0 Å². The fourth-order valence-corrected chi connectivity index (χ4v) is 2.20. The van der Waals surface area contributed by atoms with Crippen LogP contribution < -0.4 is 10.1 Å². The zero-order chi connectivity index (χ0) is 13.9. The van der Waals surface area contributed by atoms with Crippen molar-refractivity contribution >= 4 is 33.9 Å². The Morgan fingerprint density at radius 3 is 2.70 bits per heavy atom. The number of para-hydroxylation sites is 4. The standard InChI is InChI=1S/C15H13N3OS/c1-19-13-9-5-4-8-12(13)18-15(20)14-16-10-6-2-3-7-11(10)17-14/h2-9H,1H3,(H,16,17)(H,18,20). The number of benzene rings is 2. The Kier molecular flexibility index (Phi) is 3.35. The molecule has 0 saturated carbocycles. The summed E-state index contributed by atoms with van der Waals surface area (Å²) in [6.45, 7) is 0. The van der Waals surface area contributed by atoms with Crippen molar-refractivity contribution in [1.29, 1.82) is 0 Å². The molecule has 20 heavy (non-hydrogen) atoms. The lowest BCUT2D eigenvalue weighted by molar-refractivity contribution is 0.417. The molecule has 0 unspecified atom stereocenters. The van der Waals surface area contributed by atoms with Crippen LogP contribution in [0.15, 0.2) is 48.5 Å². The summed E-state index contributed by atoms with van der Waals surface area (Å²) in [7, 11) is 1.63. The number of hydrogen-bond donors (Lipinski definition) is 2. The van der Waals surface area contributed by atoms with Crippen LogP contribution in [-0.4, -0.2) is 22.1 Å². The van der Waals surface area contributed by atoms with Crippen molar-refractivity contribution in [3.63, 3.8) is 0 Å². The smallest absolute Gasteiger partial charge is 0.166 e. The molecule has 4 nitrogen and oxygen atoms in total. The molecular formula is C15H13N3OS. The molecule has 0 aliphatic rings. The molecule has 100 valence electrons. The van der Waals surface area contributed by atoms with E-state index in [2.05, 4.69) is 15.3 Å². The topological polar surface area (TPSA) is 49.9 Å². The van der Waals surface area contributed by atoms with Crippen molar-refractivity contribution in [2.24, 2.45) is 0 Å². The van der Waals surface area contributed by atoms with Crippen molar-refractivity contribution in [1.82, 2.24) is 9.97 Å². The highest BCUT2D eigenvalue weighted by molar-refractivity contribution is 7.81. The van der Waals surface area contributed by atoms with Crippen LogP contribution in [0.1, 0.15) is 5.82 Å². The molecule has 0 spiro atoms. The molecule has 0 saturated heterocycles. The number of nitrogens with one attached hydrogen (secondary N) is 2. The molecular weight excluding hydrogens is 270 g/mol. The van der Waals surface area contributed by atoms with Crippen molar-refractivity contribution in [2.45, 2.75) is 0 Å². The zero-order valence-electron chi connectivity index (χ0n) is 10.9. The van der Waals surface area contributed by atoms with Crippen LogP contribution in [0.5, 0.6) is 5.75 Å². The molecule has 3 aromatic rings. The second kappa shape index (κ2) is 5.30. The number of anilines is 1. The van der Waals surface area contributed by atoms with E-state index < -0.39 is 0 Å².